The number of aromatic nitrogens is 3. The zero-order chi connectivity index (χ0) is 20.2. The number of hydrogen-bond donors (Lipinski definition) is 2. The molecule has 0 radical (unpaired) electrons. The van der Waals surface area contributed by atoms with Crippen LogP contribution >= 0.6 is 11.6 Å². The summed E-state index contributed by atoms with van der Waals surface area (Å²) < 4.78 is 10.3. The van der Waals surface area contributed by atoms with Crippen molar-refractivity contribution in [3.8, 4) is 5.75 Å². The van der Waals surface area contributed by atoms with E-state index >= 15 is 0 Å². The zero-order valence-electron chi connectivity index (χ0n) is 15.7. The molecule has 0 unspecified atom stereocenters. The summed E-state index contributed by atoms with van der Waals surface area (Å²) in [5.74, 6) is 0.812. The molecule has 4 rings (SSSR count). The summed E-state index contributed by atoms with van der Waals surface area (Å²) in [4.78, 5) is 19.7. The van der Waals surface area contributed by atoms with Crippen molar-refractivity contribution in [1.82, 2.24) is 20.4 Å². The third-order valence-corrected chi connectivity index (χ3v) is 4.83. The van der Waals surface area contributed by atoms with E-state index in [1.165, 1.54) is 0 Å². The van der Waals surface area contributed by atoms with Crippen LogP contribution in [-0.2, 0) is 12.8 Å². The standard InChI is InChI=1S/C21H19ClN4O3/c1-28-16-5-2-13(3-6-16)10-19-25-20(26-29-19)21(27)23-9-8-14-12-24-18-7-4-15(22)11-17(14)18/h2-7,11-12,24H,8-10H2,1H3,(H,23,27). The first kappa shape index (κ1) is 19.0. The van der Waals surface area contributed by atoms with E-state index < -0.39 is 0 Å². The lowest BCUT2D eigenvalue weighted by molar-refractivity contribution is 0.0941. The molecule has 2 heterocycles. The topological polar surface area (TPSA) is 93.0 Å². The van der Waals surface area contributed by atoms with E-state index in [1.807, 2.05) is 48.7 Å². The lowest BCUT2D eigenvalue weighted by atomic mass is 10.1. The number of ether oxygens (including phenoxy) is 1. The van der Waals surface area contributed by atoms with Gasteiger partial charge in [0.1, 0.15) is 5.75 Å². The summed E-state index contributed by atoms with van der Waals surface area (Å²) in [6, 6.07) is 13.2. The van der Waals surface area contributed by atoms with Gasteiger partial charge in [-0.1, -0.05) is 28.9 Å². The number of benzene rings is 2. The molecular weight excluding hydrogens is 392 g/mol. The van der Waals surface area contributed by atoms with E-state index in [0.29, 0.717) is 30.3 Å². The molecule has 0 aliphatic rings. The van der Waals surface area contributed by atoms with Crippen LogP contribution in [0, 0.1) is 0 Å². The van der Waals surface area contributed by atoms with Crippen molar-refractivity contribution in [3.05, 3.63) is 76.5 Å². The van der Waals surface area contributed by atoms with Crippen LogP contribution in [0.3, 0.4) is 0 Å². The average Bonchev–Trinajstić information content (AvgIpc) is 3.36. The number of fused-ring (bicyclic) bond motifs is 1. The Hall–Kier alpha value is -3.32. The highest BCUT2D eigenvalue weighted by Crippen LogP contribution is 2.22. The molecule has 29 heavy (non-hydrogen) atoms. The second-order valence-corrected chi connectivity index (χ2v) is 6.98. The molecule has 2 aromatic heterocycles. The first-order chi connectivity index (χ1) is 14.1. The van der Waals surface area contributed by atoms with Crippen LogP contribution in [0.25, 0.3) is 10.9 Å². The number of carbonyl (C=O) groups is 1. The Morgan fingerprint density at radius 2 is 2.07 bits per heavy atom. The summed E-state index contributed by atoms with van der Waals surface area (Å²) in [6.45, 7) is 0.445. The van der Waals surface area contributed by atoms with Crippen LogP contribution < -0.4 is 10.1 Å². The maximum Gasteiger partial charge on any atom is 0.292 e. The Kier molecular flexibility index (Phi) is 5.48. The van der Waals surface area contributed by atoms with Gasteiger partial charge in [0.05, 0.1) is 13.5 Å². The molecule has 148 valence electrons. The number of aromatic amines is 1. The maximum absolute atomic E-state index is 12.3. The van der Waals surface area contributed by atoms with Gasteiger partial charge in [0.15, 0.2) is 0 Å². The van der Waals surface area contributed by atoms with Gasteiger partial charge in [0.25, 0.3) is 11.7 Å². The molecule has 0 spiro atoms. The number of H-pyrrole nitrogens is 1. The lowest BCUT2D eigenvalue weighted by Gasteiger charge is -2.02. The van der Waals surface area contributed by atoms with E-state index in [1.54, 1.807) is 7.11 Å². The maximum atomic E-state index is 12.3. The largest absolute Gasteiger partial charge is 0.497 e. The lowest BCUT2D eigenvalue weighted by Crippen LogP contribution is -2.26. The number of carbonyl (C=O) groups excluding carboxylic acids is 1. The summed E-state index contributed by atoms with van der Waals surface area (Å²) in [6.07, 6.45) is 3.03. The summed E-state index contributed by atoms with van der Waals surface area (Å²) in [7, 11) is 1.62. The highest BCUT2D eigenvalue weighted by atomic mass is 35.5. The quantitative estimate of drug-likeness (QED) is 0.483. The van der Waals surface area contributed by atoms with Crippen LogP contribution in [0.15, 0.2) is 53.2 Å². The van der Waals surface area contributed by atoms with Gasteiger partial charge in [0, 0.05) is 28.7 Å². The van der Waals surface area contributed by atoms with Crippen LogP contribution in [0.4, 0.5) is 0 Å². The molecule has 0 fully saturated rings. The number of nitrogens with one attached hydrogen (secondary N) is 2. The predicted molar refractivity (Wildman–Crippen MR) is 109 cm³/mol. The number of hydrogen-bond acceptors (Lipinski definition) is 5. The minimum absolute atomic E-state index is 0.0236. The van der Waals surface area contributed by atoms with E-state index in [9.17, 15) is 4.79 Å². The van der Waals surface area contributed by atoms with Crippen molar-refractivity contribution in [3.63, 3.8) is 0 Å². The molecule has 7 nitrogen and oxygen atoms in total. The summed E-state index contributed by atoms with van der Waals surface area (Å²) in [5, 5.41) is 8.33. The van der Waals surface area contributed by atoms with Crippen molar-refractivity contribution in [1.29, 1.82) is 0 Å². The minimum atomic E-state index is -0.368. The Morgan fingerprint density at radius 3 is 2.86 bits per heavy atom. The van der Waals surface area contributed by atoms with E-state index in [2.05, 4.69) is 20.4 Å². The summed E-state index contributed by atoms with van der Waals surface area (Å²) >= 11 is 6.07. The molecule has 0 atom stereocenters. The molecular formula is C21H19ClN4O3. The number of methoxy groups -OCH3 is 1. The van der Waals surface area contributed by atoms with E-state index in [-0.39, 0.29) is 11.7 Å². The monoisotopic (exact) mass is 410 g/mol. The third-order valence-electron chi connectivity index (χ3n) is 4.59. The van der Waals surface area contributed by atoms with Gasteiger partial charge in [0.2, 0.25) is 5.89 Å². The van der Waals surface area contributed by atoms with Crippen LogP contribution in [-0.4, -0.2) is 34.7 Å². The molecule has 2 N–H and O–H groups in total. The second-order valence-electron chi connectivity index (χ2n) is 6.55. The smallest absolute Gasteiger partial charge is 0.292 e. The highest BCUT2D eigenvalue weighted by molar-refractivity contribution is 6.31. The predicted octanol–water partition coefficient (Wildman–Crippen LogP) is 3.78. The van der Waals surface area contributed by atoms with Crippen LogP contribution in [0.1, 0.15) is 27.6 Å². The van der Waals surface area contributed by atoms with Gasteiger partial charge in [-0.05, 0) is 47.9 Å². The van der Waals surface area contributed by atoms with Gasteiger partial charge in [-0.3, -0.25) is 4.79 Å². The Labute approximate surface area is 172 Å². The third kappa shape index (κ3) is 4.41. The molecule has 1 amide bonds. The fraction of sp³-hybridized carbons (Fsp3) is 0.190. The number of nitrogens with zero attached hydrogens (tertiary/aromatic N) is 2. The van der Waals surface area contributed by atoms with Crippen molar-refractivity contribution < 1.29 is 14.1 Å². The van der Waals surface area contributed by atoms with Crippen molar-refractivity contribution in [2.24, 2.45) is 0 Å². The first-order valence-electron chi connectivity index (χ1n) is 9.11. The normalized spacial score (nSPS) is 11.0. The van der Waals surface area contributed by atoms with Gasteiger partial charge in [-0.2, -0.15) is 4.98 Å². The molecule has 0 saturated heterocycles. The Bertz CT molecular complexity index is 1130. The summed E-state index contributed by atoms with van der Waals surface area (Å²) in [5.41, 5.74) is 3.08. The van der Waals surface area contributed by atoms with Gasteiger partial charge >= 0.3 is 0 Å². The van der Waals surface area contributed by atoms with E-state index in [0.717, 1.165) is 27.8 Å². The number of halogens is 1. The SMILES string of the molecule is COc1ccc(Cc2nc(C(=O)NCCc3c[nH]c4ccc(Cl)cc34)no2)cc1. The number of rotatable bonds is 7. The Morgan fingerprint density at radius 1 is 1.24 bits per heavy atom. The fourth-order valence-electron chi connectivity index (χ4n) is 3.08. The van der Waals surface area contributed by atoms with Crippen molar-refractivity contribution in [2.75, 3.05) is 13.7 Å². The van der Waals surface area contributed by atoms with Gasteiger partial charge < -0.3 is 19.6 Å². The fourth-order valence-corrected chi connectivity index (χ4v) is 3.26. The van der Waals surface area contributed by atoms with Crippen LogP contribution in [0.2, 0.25) is 5.02 Å². The van der Waals surface area contributed by atoms with Crippen molar-refractivity contribution in [2.45, 2.75) is 12.8 Å². The molecule has 8 heteroatoms. The molecule has 0 aliphatic carbocycles. The van der Waals surface area contributed by atoms with E-state index in [4.69, 9.17) is 20.9 Å². The first-order valence-corrected chi connectivity index (χ1v) is 9.49. The van der Waals surface area contributed by atoms with Crippen LogP contribution in [0.5, 0.6) is 5.75 Å². The zero-order valence-corrected chi connectivity index (χ0v) is 16.5. The molecule has 0 bridgehead atoms. The molecule has 0 aliphatic heterocycles. The second kappa shape index (κ2) is 8.36. The number of amides is 1. The molecule has 0 saturated carbocycles. The molecule has 4 aromatic rings. The highest BCUT2D eigenvalue weighted by Gasteiger charge is 2.15. The van der Waals surface area contributed by atoms with Gasteiger partial charge in [-0.25, -0.2) is 0 Å². The minimum Gasteiger partial charge on any atom is -0.497 e. The Balaban J connectivity index is 1.33. The average molecular weight is 411 g/mol. The van der Waals surface area contributed by atoms with Gasteiger partial charge in [-0.15, -0.1) is 0 Å². The molecule has 2 aromatic carbocycles. The van der Waals surface area contributed by atoms with Crippen molar-refractivity contribution >= 4 is 28.4 Å².